The van der Waals surface area contributed by atoms with Crippen molar-refractivity contribution in [3.05, 3.63) is 46.5 Å². The number of nitrogens with one attached hydrogen (secondary N) is 1. The third-order valence-corrected chi connectivity index (χ3v) is 5.53. The minimum absolute atomic E-state index is 0.0376. The molecule has 0 radical (unpaired) electrons. The van der Waals surface area contributed by atoms with Crippen molar-refractivity contribution in [3.8, 4) is 0 Å². The van der Waals surface area contributed by atoms with Crippen molar-refractivity contribution in [2.45, 2.75) is 31.2 Å². The first-order valence-corrected chi connectivity index (χ1v) is 9.55. The summed E-state index contributed by atoms with van der Waals surface area (Å²) in [6, 6.07) is 3.53. The molecule has 1 atom stereocenters. The first kappa shape index (κ1) is 20.0. The molecule has 2 saturated heterocycles. The third-order valence-electron chi connectivity index (χ3n) is 5.22. The minimum atomic E-state index is -4.48. The van der Waals surface area contributed by atoms with Gasteiger partial charge in [0.05, 0.1) is 36.4 Å². The van der Waals surface area contributed by atoms with Crippen LogP contribution in [0, 0.1) is 0 Å². The number of ether oxygens (including phenoxy) is 1. The second-order valence-corrected chi connectivity index (χ2v) is 7.64. The molecule has 2 fully saturated rings. The number of aromatic amines is 1. The van der Waals surface area contributed by atoms with Crippen LogP contribution in [0.5, 0.6) is 0 Å². The van der Waals surface area contributed by atoms with Crippen LogP contribution in [0.1, 0.15) is 29.3 Å². The highest BCUT2D eigenvalue weighted by Gasteiger charge is 2.37. The molecule has 2 aromatic rings. The van der Waals surface area contributed by atoms with E-state index in [4.69, 9.17) is 16.3 Å². The average Bonchev–Trinajstić information content (AvgIpc) is 3.30. The summed E-state index contributed by atoms with van der Waals surface area (Å²) < 4.78 is 43.9. The summed E-state index contributed by atoms with van der Waals surface area (Å²) in [5, 5.41) is 6.34. The van der Waals surface area contributed by atoms with Gasteiger partial charge in [0.15, 0.2) is 0 Å². The van der Waals surface area contributed by atoms with Crippen LogP contribution >= 0.6 is 11.6 Å². The summed E-state index contributed by atoms with van der Waals surface area (Å²) in [6.45, 7) is 2.31. The third kappa shape index (κ3) is 4.32. The molecule has 3 heterocycles. The van der Waals surface area contributed by atoms with Gasteiger partial charge in [-0.2, -0.15) is 18.3 Å². The minimum Gasteiger partial charge on any atom is -0.370 e. The highest BCUT2D eigenvalue weighted by atomic mass is 35.5. The Morgan fingerprint density at radius 3 is 2.72 bits per heavy atom. The van der Waals surface area contributed by atoms with Crippen molar-refractivity contribution < 1.29 is 22.7 Å². The Kier molecular flexibility index (Phi) is 5.39. The van der Waals surface area contributed by atoms with Gasteiger partial charge in [0.2, 0.25) is 0 Å². The number of hydrogen-bond donors (Lipinski definition) is 1. The van der Waals surface area contributed by atoms with Gasteiger partial charge < -0.3 is 14.5 Å². The first-order valence-electron chi connectivity index (χ1n) is 9.17. The van der Waals surface area contributed by atoms with E-state index in [0.29, 0.717) is 31.7 Å². The fraction of sp³-hybridized carbons (Fsp3) is 0.500. The fourth-order valence-corrected chi connectivity index (χ4v) is 3.87. The molecule has 1 aromatic carbocycles. The van der Waals surface area contributed by atoms with E-state index in [9.17, 15) is 18.0 Å². The zero-order chi connectivity index (χ0) is 20.6. The number of rotatable bonds is 4. The van der Waals surface area contributed by atoms with Crippen molar-refractivity contribution in [1.82, 2.24) is 25.0 Å². The number of halogens is 4. The van der Waals surface area contributed by atoms with Gasteiger partial charge in [-0.1, -0.05) is 17.7 Å². The van der Waals surface area contributed by atoms with E-state index in [-0.39, 0.29) is 29.7 Å². The molecule has 29 heavy (non-hydrogen) atoms. The Labute approximate surface area is 169 Å². The lowest BCUT2D eigenvalue weighted by atomic mass is 10.1. The molecule has 1 aromatic heterocycles. The van der Waals surface area contributed by atoms with Crippen LogP contribution in [0.25, 0.3) is 0 Å². The lowest BCUT2D eigenvalue weighted by molar-refractivity contribution is -0.137. The topological polar surface area (TPSA) is 74.3 Å². The maximum absolute atomic E-state index is 12.7. The molecular weight excluding hydrogens is 411 g/mol. The number of nitrogens with zero attached hydrogens (tertiary/aromatic N) is 4. The van der Waals surface area contributed by atoms with Gasteiger partial charge in [0, 0.05) is 19.0 Å². The van der Waals surface area contributed by atoms with Crippen molar-refractivity contribution in [2.24, 2.45) is 0 Å². The quantitative estimate of drug-likeness (QED) is 0.809. The first-order chi connectivity index (χ1) is 13.8. The summed E-state index contributed by atoms with van der Waals surface area (Å²) in [5.74, 6) is 0.958. The van der Waals surface area contributed by atoms with Gasteiger partial charge >= 0.3 is 12.2 Å². The number of carbonyl (C=O) groups excluding carboxylic acids is 1. The normalized spacial score (nSPS) is 20.2. The molecule has 0 bridgehead atoms. The SMILES string of the molecule is O=C(N1CC(OCc2ccc(C(F)(F)F)c(Cl)c2)C1)N1CCC(c2ncn[nH]2)C1. The van der Waals surface area contributed by atoms with Crippen LogP contribution in [-0.2, 0) is 17.5 Å². The van der Waals surface area contributed by atoms with Gasteiger partial charge in [-0.3, -0.25) is 5.10 Å². The second-order valence-electron chi connectivity index (χ2n) is 7.23. The van der Waals surface area contributed by atoms with Crippen molar-refractivity contribution in [1.29, 1.82) is 0 Å². The number of alkyl halides is 3. The molecule has 0 spiro atoms. The summed E-state index contributed by atoms with van der Waals surface area (Å²) in [5.41, 5.74) is -0.306. The molecule has 2 aliphatic heterocycles. The van der Waals surface area contributed by atoms with E-state index in [1.165, 1.54) is 18.5 Å². The molecule has 11 heteroatoms. The van der Waals surface area contributed by atoms with Crippen LogP contribution in [0.4, 0.5) is 18.0 Å². The molecule has 2 aliphatic rings. The van der Waals surface area contributed by atoms with Crippen molar-refractivity contribution >= 4 is 17.6 Å². The van der Waals surface area contributed by atoms with Crippen LogP contribution in [0.3, 0.4) is 0 Å². The second kappa shape index (κ2) is 7.83. The number of benzene rings is 1. The van der Waals surface area contributed by atoms with Gasteiger partial charge in [-0.25, -0.2) is 9.78 Å². The van der Waals surface area contributed by atoms with Crippen LogP contribution < -0.4 is 0 Å². The number of amides is 2. The maximum atomic E-state index is 12.7. The fourth-order valence-electron chi connectivity index (χ4n) is 3.56. The lowest BCUT2D eigenvalue weighted by Crippen LogP contribution is -2.58. The van der Waals surface area contributed by atoms with Gasteiger partial charge in [-0.15, -0.1) is 0 Å². The standard InChI is InChI=1S/C18H19ClF3N5O2/c19-15-5-11(1-2-14(15)18(20,21)22)9-29-13-7-27(8-13)17(28)26-4-3-12(6-26)16-23-10-24-25-16/h1-2,5,10,12-13H,3-4,6-9H2,(H,23,24,25). The van der Waals surface area contributed by atoms with E-state index in [0.717, 1.165) is 18.3 Å². The van der Waals surface area contributed by atoms with Crippen molar-refractivity contribution in [3.63, 3.8) is 0 Å². The van der Waals surface area contributed by atoms with E-state index < -0.39 is 11.7 Å². The number of urea groups is 1. The summed E-state index contributed by atoms with van der Waals surface area (Å²) >= 11 is 5.72. The van der Waals surface area contributed by atoms with Crippen molar-refractivity contribution in [2.75, 3.05) is 26.2 Å². The summed E-state index contributed by atoms with van der Waals surface area (Å²) in [7, 11) is 0. The highest BCUT2D eigenvalue weighted by molar-refractivity contribution is 6.31. The number of hydrogen-bond acceptors (Lipinski definition) is 4. The molecule has 156 valence electrons. The Morgan fingerprint density at radius 1 is 1.28 bits per heavy atom. The Hall–Kier alpha value is -2.33. The smallest absolute Gasteiger partial charge is 0.370 e. The van der Waals surface area contributed by atoms with Gasteiger partial charge in [-0.05, 0) is 24.1 Å². The zero-order valence-corrected chi connectivity index (χ0v) is 16.1. The Bertz CT molecular complexity index is 871. The monoisotopic (exact) mass is 429 g/mol. The predicted octanol–water partition coefficient (Wildman–Crippen LogP) is 3.29. The molecule has 0 aliphatic carbocycles. The molecule has 0 saturated carbocycles. The molecular formula is C18H19ClF3N5O2. The van der Waals surface area contributed by atoms with Crippen LogP contribution in [-0.4, -0.2) is 63.3 Å². The van der Waals surface area contributed by atoms with Crippen LogP contribution in [0.2, 0.25) is 5.02 Å². The molecule has 7 nitrogen and oxygen atoms in total. The van der Waals surface area contributed by atoms with Gasteiger partial charge in [0.1, 0.15) is 12.2 Å². The van der Waals surface area contributed by atoms with E-state index in [1.54, 1.807) is 9.80 Å². The van der Waals surface area contributed by atoms with E-state index >= 15 is 0 Å². The van der Waals surface area contributed by atoms with E-state index in [1.807, 2.05) is 0 Å². The zero-order valence-electron chi connectivity index (χ0n) is 15.3. The molecule has 2 amide bonds. The number of aromatic nitrogens is 3. The summed E-state index contributed by atoms with van der Waals surface area (Å²) in [6.07, 6.45) is -2.33. The summed E-state index contributed by atoms with van der Waals surface area (Å²) in [4.78, 5) is 20.2. The predicted molar refractivity (Wildman–Crippen MR) is 97.3 cm³/mol. The van der Waals surface area contributed by atoms with Gasteiger partial charge in [0.25, 0.3) is 0 Å². The molecule has 1 unspecified atom stereocenters. The lowest BCUT2D eigenvalue weighted by Gasteiger charge is -2.40. The van der Waals surface area contributed by atoms with E-state index in [2.05, 4.69) is 15.2 Å². The highest BCUT2D eigenvalue weighted by Crippen LogP contribution is 2.35. The number of carbonyl (C=O) groups is 1. The Morgan fingerprint density at radius 2 is 2.07 bits per heavy atom. The number of H-pyrrole nitrogens is 1. The maximum Gasteiger partial charge on any atom is 0.417 e. The Balaban J connectivity index is 1.22. The number of likely N-dealkylation sites (tertiary alicyclic amines) is 2. The largest absolute Gasteiger partial charge is 0.417 e. The molecule has 4 rings (SSSR count). The molecule has 1 N–H and O–H groups in total. The average molecular weight is 430 g/mol. The van der Waals surface area contributed by atoms with Crippen LogP contribution in [0.15, 0.2) is 24.5 Å².